The largest absolute Gasteiger partial charge is 0.481 e. The van der Waals surface area contributed by atoms with Gasteiger partial charge in [-0.2, -0.15) is 0 Å². The second-order valence-corrected chi connectivity index (χ2v) is 5.74. The van der Waals surface area contributed by atoms with Gasteiger partial charge < -0.3 is 14.8 Å². The molecule has 20 heavy (non-hydrogen) atoms. The number of carboxylic acid groups (broad SMARTS) is 1. The van der Waals surface area contributed by atoms with E-state index in [1.54, 1.807) is 0 Å². The van der Waals surface area contributed by atoms with E-state index in [-0.39, 0.29) is 24.2 Å². The molecule has 4 nitrogen and oxygen atoms in total. The van der Waals surface area contributed by atoms with Crippen molar-refractivity contribution < 1.29 is 14.7 Å². The molecule has 3 unspecified atom stereocenters. The first kappa shape index (κ1) is 14.7. The maximum Gasteiger partial charge on any atom is 0.303 e. The molecule has 1 aliphatic rings. The average molecular weight is 275 g/mol. The lowest BCUT2D eigenvalue weighted by Crippen LogP contribution is -2.27. The predicted octanol–water partition coefficient (Wildman–Crippen LogP) is 2.01. The van der Waals surface area contributed by atoms with Crippen LogP contribution < -0.4 is 0 Å². The van der Waals surface area contributed by atoms with Crippen LogP contribution in [0.4, 0.5) is 0 Å². The Morgan fingerprint density at radius 2 is 2.10 bits per heavy atom. The number of rotatable bonds is 6. The monoisotopic (exact) mass is 275 g/mol. The SMILES string of the molecule is CC(CC(=O)O)CN1CC(C=O)C(c2ccccc2)C1. The van der Waals surface area contributed by atoms with Crippen molar-refractivity contribution in [1.82, 2.24) is 4.90 Å². The quantitative estimate of drug-likeness (QED) is 0.807. The summed E-state index contributed by atoms with van der Waals surface area (Å²) in [6, 6.07) is 10.1. The van der Waals surface area contributed by atoms with Gasteiger partial charge in [-0.25, -0.2) is 0 Å². The van der Waals surface area contributed by atoms with Gasteiger partial charge in [0, 0.05) is 37.9 Å². The Balaban J connectivity index is 1.99. The Bertz CT molecular complexity index is 460. The fourth-order valence-electron chi connectivity index (χ4n) is 3.06. The molecule has 0 saturated carbocycles. The molecular weight excluding hydrogens is 254 g/mol. The Kier molecular flexibility index (Phi) is 4.90. The van der Waals surface area contributed by atoms with Crippen molar-refractivity contribution in [3.05, 3.63) is 35.9 Å². The molecule has 1 aromatic rings. The minimum atomic E-state index is -0.761. The van der Waals surface area contributed by atoms with Crippen LogP contribution in [0, 0.1) is 11.8 Å². The van der Waals surface area contributed by atoms with Crippen molar-refractivity contribution in [2.75, 3.05) is 19.6 Å². The summed E-state index contributed by atoms with van der Waals surface area (Å²) < 4.78 is 0. The van der Waals surface area contributed by atoms with E-state index in [4.69, 9.17) is 5.11 Å². The zero-order valence-corrected chi connectivity index (χ0v) is 11.7. The Hall–Kier alpha value is -1.68. The molecule has 0 radical (unpaired) electrons. The van der Waals surface area contributed by atoms with E-state index in [9.17, 15) is 9.59 Å². The number of carbonyl (C=O) groups is 2. The van der Waals surface area contributed by atoms with E-state index >= 15 is 0 Å². The molecule has 2 rings (SSSR count). The molecule has 3 atom stereocenters. The minimum absolute atomic E-state index is 0.00873. The Labute approximate surface area is 119 Å². The molecular formula is C16H21NO3. The molecule has 1 saturated heterocycles. The standard InChI is InChI=1S/C16H21NO3/c1-12(7-16(19)20)8-17-9-14(11-18)15(10-17)13-5-3-2-4-6-13/h2-6,11-12,14-15H,7-10H2,1H3,(H,19,20). The normalized spacial score (nSPS) is 24.4. The van der Waals surface area contributed by atoms with Crippen LogP contribution in [0.5, 0.6) is 0 Å². The van der Waals surface area contributed by atoms with Gasteiger partial charge in [-0.15, -0.1) is 0 Å². The highest BCUT2D eigenvalue weighted by Gasteiger charge is 2.33. The summed E-state index contributed by atoms with van der Waals surface area (Å²) in [5, 5.41) is 8.81. The number of hydrogen-bond acceptors (Lipinski definition) is 3. The summed E-state index contributed by atoms with van der Waals surface area (Å²) in [6.45, 7) is 4.24. The molecule has 0 aromatic heterocycles. The summed E-state index contributed by atoms with van der Waals surface area (Å²) in [5.41, 5.74) is 1.19. The van der Waals surface area contributed by atoms with Crippen molar-refractivity contribution >= 4 is 12.3 Å². The van der Waals surface area contributed by atoms with Crippen LogP contribution in [-0.4, -0.2) is 41.9 Å². The second kappa shape index (κ2) is 6.66. The number of nitrogens with zero attached hydrogens (tertiary/aromatic N) is 1. The minimum Gasteiger partial charge on any atom is -0.481 e. The maximum absolute atomic E-state index is 11.3. The molecule has 0 spiro atoms. The first-order chi connectivity index (χ1) is 9.60. The first-order valence-electron chi connectivity index (χ1n) is 7.04. The van der Waals surface area contributed by atoms with Crippen molar-refractivity contribution in [3.8, 4) is 0 Å². The molecule has 1 aliphatic heterocycles. The number of benzene rings is 1. The fraction of sp³-hybridized carbons (Fsp3) is 0.500. The summed E-state index contributed by atoms with van der Waals surface area (Å²) in [4.78, 5) is 24.2. The molecule has 0 aliphatic carbocycles. The topological polar surface area (TPSA) is 57.6 Å². The van der Waals surface area contributed by atoms with E-state index < -0.39 is 5.97 Å². The lowest BCUT2D eigenvalue weighted by atomic mass is 9.90. The van der Waals surface area contributed by atoms with Crippen LogP contribution in [0.1, 0.15) is 24.8 Å². The van der Waals surface area contributed by atoms with Crippen molar-refractivity contribution in [3.63, 3.8) is 0 Å². The van der Waals surface area contributed by atoms with E-state index in [0.29, 0.717) is 0 Å². The van der Waals surface area contributed by atoms with E-state index in [0.717, 1.165) is 25.9 Å². The van der Waals surface area contributed by atoms with Gasteiger partial charge in [0.05, 0.1) is 0 Å². The fourth-order valence-corrected chi connectivity index (χ4v) is 3.06. The molecule has 0 bridgehead atoms. The molecule has 1 fully saturated rings. The highest BCUT2D eigenvalue weighted by molar-refractivity contribution is 5.67. The van der Waals surface area contributed by atoms with Crippen molar-refractivity contribution in [1.29, 1.82) is 0 Å². The number of aldehydes is 1. The van der Waals surface area contributed by atoms with Crippen LogP contribution >= 0.6 is 0 Å². The summed E-state index contributed by atoms with van der Waals surface area (Å²) in [5.74, 6) is -0.419. The van der Waals surface area contributed by atoms with Gasteiger partial charge in [0.25, 0.3) is 0 Å². The highest BCUT2D eigenvalue weighted by atomic mass is 16.4. The van der Waals surface area contributed by atoms with Gasteiger partial charge in [-0.05, 0) is 11.5 Å². The van der Waals surface area contributed by atoms with Crippen LogP contribution in [-0.2, 0) is 9.59 Å². The Morgan fingerprint density at radius 3 is 2.70 bits per heavy atom. The molecule has 0 amide bonds. The molecule has 1 aromatic carbocycles. The molecule has 1 heterocycles. The van der Waals surface area contributed by atoms with Crippen LogP contribution in [0.25, 0.3) is 0 Å². The molecule has 108 valence electrons. The number of aliphatic carboxylic acids is 1. The van der Waals surface area contributed by atoms with Crippen molar-refractivity contribution in [2.45, 2.75) is 19.3 Å². The van der Waals surface area contributed by atoms with Gasteiger partial charge in [0.2, 0.25) is 0 Å². The van der Waals surface area contributed by atoms with E-state index in [1.807, 2.05) is 25.1 Å². The number of likely N-dealkylation sites (tertiary alicyclic amines) is 1. The predicted molar refractivity (Wildman–Crippen MR) is 76.6 cm³/mol. The van der Waals surface area contributed by atoms with Crippen LogP contribution in [0.15, 0.2) is 30.3 Å². The second-order valence-electron chi connectivity index (χ2n) is 5.74. The number of hydrogen-bond donors (Lipinski definition) is 1. The van der Waals surface area contributed by atoms with E-state index in [2.05, 4.69) is 17.0 Å². The zero-order valence-electron chi connectivity index (χ0n) is 11.7. The lowest BCUT2D eigenvalue weighted by Gasteiger charge is -2.19. The lowest BCUT2D eigenvalue weighted by molar-refractivity contribution is -0.138. The summed E-state index contributed by atoms with van der Waals surface area (Å²) >= 11 is 0. The number of carboxylic acids is 1. The van der Waals surface area contributed by atoms with E-state index in [1.165, 1.54) is 5.56 Å². The zero-order chi connectivity index (χ0) is 14.5. The molecule has 1 N–H and O–H groups in total. The van der Waals surface area contributed by atoms with Gasteiger partial charge in [-0.1, -0.05) is 37.3 Å². The van der Waals surface area contributed by atoms with Gasteiger partial charge >= 0.3 is 5.97 Å². The first-order valence-corrected chi connectivity index (χ1v) is 7.04. The smallest absolute Gasteiger partial charge is 0.303 e. The Morgan fingerprint density at radius 1 is 1.40 bits per heavy atom. The summed E-state index contributed by atoms with van der Waals surface area (Å²) in [7, 11) is 0. The van der Waals surface area contributed by atoms with Crippen molar-refractivity contribution in [2.24, 2.45) is 11.8 Å². The van der Waals surface area contributed by atoms with Crippen LogP contribution in [0.2, 0.25) is 0 Å². The third-order valence-electron chi connectivity index (χ3n) is 3.94. The number of carbonyl (C=O) groups excluding carboxylic acids is 1. The maximum atomic E-state index is 11.3. The summed E-state index contributed by atoms with van der Waals surface area (Å²) in [6.07, 6.45) is 1.22. The third-order valence-corrected chi connectivity index (χ3v) is 3.94. The van der Waals surface area contributed by atoms with Crippen LogP contribution in [0.3, 0.4) is 0 Å². The third kappa shape index (κ3) is 3.67. The van der Waals surface area contributed by atoms with Gasteiger partial charge in [0.15, 0.2) is 0 Å². The highest BCUT2D eigenvalue weighted by Crippen LogP contribution is 2.31. The van der Waals surface area contributed by atoms with Gasteiger partial charge in [0.1, 0.15) is 6.29 Å². The molecule has 4 heteroatoms. The van der Waals surface area contributed by atoms with Gasteiger partial charge in [-0.3, -0.25) is 4.79 Å². The average Bonchev–Trinajstić information content (AvgIpc) is 2.81.